The maximum absolute atomic E-state index is 13.8. The highest BCUT2D eigenvalue weighted by Crippen LogP contribution is 2.21. The first-order valence-electron chi connectivity index (χ1n) is 8.68. The number of aryl methyl sites for hydroxylation is 1. The molecule has 0 spiro atoms. The molecule has 1 atom stereocenters. The van der Waals surface area contributed by atoms with Crippen molar-refractivity contribution in [2.45, 2.75) is 24.5 Å². The average molecular weight is 392 g/mol. The Kier molecular flexibility index (Phi) is 6.38. The Labute approximate surface area is 160 Å². The quantitative estimate of drug-likeness (QED) is 0.558. The molecule has 3 rings (SSSR count). The fourth-order valence-corrected chi connectivity index (χ4v) is 3.62. The van der Waals surface area contributed by atoms with Crippen molar-refractivity contribution in [1.29, 1.82) is 0 Å². The van der Waals surface area contributed by atoms with E-state index < -0.39 is 0 Å². The number of thioether (sulfide) groups is 1. The third-order valence-corrected chi connectivity index (χ3v) is 5.42. The van der Waals surface area contributed by atoms with Gasteiger partial charge in [-0.05, 0) is 22.9 Å². The van der Waals surface area contributed by atoms with E-state index in [-0.39, 0.29) is 30.1 Å². The summed E-state index contributed by atoms with van der Waals surface area (Å²) < 4.78 is 15.4. The first-order valence-corrected chi connectivity index (χ1v) is 9.67. The van der Waals surface area contributed by atoms with Gasteiger partial charge in [-0.15, -0.1) is 5.10 Å². The summed E-state index contributed by atoms with van der Waals surface area (Å²) in [7, 11) is 1.75. The van der Waals surface area contributed by atoms with Gasteiger partial charge in [0, 0.05) is 44.4 Å². The number of halogens is 1. The molecule has 0 radical (unpaired) electrons. The number of tetrazole rings is 1. The minimum atomic E-state index is -0.341. The number of amides is 2. The van der Waals surface area contributed by atoms with Crippen LogP contribution in [0.1, 0.15) is 18.4 Å². The van der Waals surface area contributed by atoms with Crippen LogP contribution in [-0.4, -0.2) is 55.8 Å². The van der Waals surface area contributed by atoms with Gasteiger partial charge >= 0.3 is 0 Å². The van der Waals surface area contributed by atoms with Gasteiger partial charge in [-0.25, -0.2) is 9.07 Å². The molecule has 1 aliphatic heterocycles. The van der Waals surface area contributed by atoms with Gasteiger partial charge in [-0.3, -0.25) is 9.59 Å². The molecule has 2 amide bonds. The lowest BCUT2D eigenvalue weighted by Gasteiger charge is -2.32. The van der Waals surface area contributed by atoms with E-state index in [9.17, 15) is 14.0 Å². The van der Waals surface area contributed by atoms with Crippen LogP contribution in [0.5, 0.6) is 0 Å². The van der Waals surface area contributed by atoms with Gasteiger partial charge < -0.3 is 10.2 Å². The molecule has 144 valence electrons. The number of hydrogen-bond donors (Lipinski definition) is 1. The van der Waals surface area contributed by atoms with Crippen molar-refractivity contribution in [3.05, 3.63) is 35.6 Å². The summed E-state index contributed by atoms with van der Waals surface area (Å²) in [5.41, 5.74) is 0.459. The largest absolute Gasteiger partial charge is 0.355 e. The number of rotatable bonds is 7. The van der Waals surface area contributed by atoms with E-state index in [2.05, 4.69) is 20.8 Å². The molecule has 1 saturated heterocycles. The van der Waals surface area contributed by atoms with Gasteiger partial charge in [0.25, 0.3) is 0 Å². The molecule has 0 unspecified atom stereocenters. The molecule has 1 aromatic heterocycles. The summed E-state index contributed by atoms with van der Waals surface area (Å²) in [5.74, 6) is -0.113. The summed E-state index contributed by atoms with van der Waals surface area (Å²) in [5, 5.41) is 14.7. The molecule has 1 N–H and O–H groups in total. The van der Waals surface area contributed by atoms with E-state index in [0.29, 0.717) is 42.4 Å². The van der Waals surface area contributed by atoms with Crippen molar-refractivity contribution in [1.82, 2.24) is 30.4 Å². The predicted octanol–water partition coefficient (Wildman–Crippen LogP) is 0.996. The lowest BCUT2D eigenvalue weighted by atomic mass is 9.96. The van der Waals surface area contributed by atoms with Gasteiger partial charge in [-0.1, -0.05) is 30.0 Å². The van der Waals surface area contributed by atoms with Crippen LogP contribution in [0.3, 0.4) is 0 Å². The molecular weight excluding hydrogens is 371 g/mol. The van der Waals surface area contributed by atoms with Crippen LogP contribution in [0, 0.1) is 11.7 Å². The lowest BCUT2D eigenvalue weighted by molar-refractivity contribution is -0.138. The summed E-state index contributed by atoms with van der Waals surface area (Å²) >= 11 is 1.45. The minimum Gasteiger partial charge on any atom is -0.355 e. The molecule has 2 aromatic rings. The van der Waals surface area contributed by atoms with Gasteiger partial charge in [0.1, 0.15) is 5.82 Å². The standard InChI is InChI=1S/C17H21FN6O2S/c1-23-17(20-21-22-23)27-9-8-19-16(26)13-6-7-15(25)24(11-13)10-12-4-2-3-5-14(12)18/h2-5,13H,6-11H2,1H3,(H,19,26)/t13-/m1/s1. The number of carbonyl (C=O) groups excluding carboxylic acids is 2. The summed E-state index contributed by atoms with van der Waals surface area (Å²) in [6.45, 7) is 0.970. The van der Waals surface area contributed by atoms with Gasteiger partial charge in [-0.2, -0.15) is 0 Å². The van der Waals surface area contributed by atoms with Crippen LogP contribution in [0.25, 0.3) is 0 Å². The Balaban J connectivity index is 1.48. The Morgan fingerprint density at radius 1 is 1.41 bits per heavy atom. The first kappa shape index (κ1) is 19.3. The fourth-order valence-electron chi connectivity index (χ4n) is 2.92. The number of benzene rings is 1. The number of nitrogens with zero attached hydrogens (tertiary/aromatic N) is 5. The van der Waals surface area contributed by atoms with Crippen molar-refractivity contribution in [3.8, 4) is 0 Å². The molecule has 27 heavy (non-hydrogen) atoms. The summed E-state index contributed by atoms with van der Waals surface area (Å²) in [6.07, 6.45) is 0.810. The zero-order valence-corrected chi connectivity index (χ0v) is 15.8. The van der Waals surface area contributed by atoms with Crippen LogP contribution < -0.4 is 5.32 Å². The number of hydrogen-bond acceptors (Lipinski definition) is 6. The number of nitrogens with one attached hydrogen (secondary N) is 1. The zero-order valence-electron chi connectivity index (χ0n) is 15.0. The van der Waals surface area contributed by atoms with Gasteiger partial charge in [0.2, 0.25) is 17.0 Å². The number of carbonyl (C=O) groups is 2. The van der Waals surface area contributed by atoms with Crippen molar-refractivity contribution < 1.29 is 14.0 Å². The zero-order chi connectivity index (χ0) is 19.2. The Bertz CT molecular complexity index is 814. The smallest absolute Gasteiger partial charge is 0.224 e. The van der Waals surface area contributed by atoms with E-state index in [0.717, 1.165) is 0 Å². The molecule has 1 fully saturated rings. The molecule has 1 aliphatic rings. The average Bonchev–Trinajstić information content (AvgIpc) is 3.07. The molecule has 1 aromatic carbocycles. The molecular formula is C17H21FN6O2S. The van der Waals surface area contributed by atoms with Crippen LogP contribution in [0.15, 0.2) is 29.4 Å². The maximum Gasteiger partial charge on any atom is 0.224 e. The van der Waals surface area contributed by atoms with Crippen LogP contribution in [-0.2, 0) is 23.2 Å². The Morgan fingerprint density at radius 2 is 2.22 bits per heavy atom. The molecule has 8 nitrogen and oxygen atoms in total. The van der Waals surface area contributed by atoms with E-state index in [1.165, 1.54) is 17.8 Å². The molecule has 10 heteroatoms. The maximum atomic E-state index is 13.8. The third-order valence-electron chi connectivity index (χ3n) is 4.40. The molecule has 0 bridgehead atoms. The Hall–Kier alpha value is -2.49. The Morgan fingerprint density at radius 3 is 2.96 bits per heavy atom. The normalized spacial score (nSPS) is 17.2. The third kappa shape index (κ3) is 5.03. The van der Waals surface area contributed by atoms with Crippen molar-refractivity contribution >= 4 is 23.6 Å². The number of aromatic nitrogens is 4. The highest BCUT2D eigenvalue weighted by atomic mass is 32.2. The summed E-state index contributed by atoms with van der Waals surface area (Å²) in [6, 6.07) is 6.38. The van der Waals surface area contributed by atoms with E-state index in [4.69, 9.17) is 0 Å². The second-order valence-electron chi connectivity index (χ2n) is 6.33. The van der Waals surface area contributed by atoms with Gasteiger partial charge in [0.15, 0.2) is 0 Å². The topological polar surface area (TPSA) is 93.0 Å². The number of piperidine rings is 1. The lowest BCUT2D eigenvalue weighted by Crippen LogP contribution is -2.45. The minimum absolute atomic E-state index is 0.0485. The van der Waals surface area contributed by atoms with Crippen molar-refractivity contribution in [2.24, 2.45) is 13.0 Å². The van der Waals surface area contributed by atoms with Gasteiger partial charge in [0.05, 0.1) is 5.92 Å². The van der Waals surface area contributed by atoms with E-state index in [1.807, 2.05) is 0 Å². The monoisotopic (exact) mass is 392 g/mol. The highest BCUT2D eigenvalue weighted by molar-refractivity contribution is 7.99. The molecule has 0 aliphatic carbocycles. The fraction of sp³-hybridized carbons (Fsp3) is 0.471. The molecule has 2 heterocycles. The van der Waals surface area contributed by atoms with Crippen LogP contribution in [0.4, 0.5) is 4.39 Å². The highest BCUT2D eigenvalue weighted by Gasteiger charge is 2.30. The van der Waals surface area contributed by atoms with Crippen molar-refractivity contribution in [3.63, 3.8) is 0 Å². The van der Waals surface area contributed by atoms with E-state index >= 15 is 0 Å². The second kappa shape index (κ2) is 8.94. The number of likely N-dealkylation sites (tertiary alicyclic amines) is 1. The van der Waals surface area contributed by atoms with Crippen LogP contribution >= 0.6 is 11.8 Å². The van der Waals surface area contributed by atoms with Crippen LogP contribution in [0.2, 0.25) is 0 Å². The molecule has 0 saturated carbocycles. The first-order chi connectivity index (χ1) is 13.0. The second-order valence-corrected chi connectivity index (χ2v) is 7.39. The SMILES string of the molecule is Cn1nnnc1SCCNC(=O)[C@@H]1CCC(=O)N(Cc2ccccc2F)C1. The predicted molar refractivity (Wildman–Crippen MR) is 97.1 cm³/mol. The van der Waals surface area contributed by atoms with E-state index in [1.54, 1.807) is 34.8 Å². The van der Waals surface area contributed by atoms with Crippen molar-refractivity contribution in [2.75, 3.05) is 18.8 Å². The summed E-state index contributed by atoms with van der Waals surface area (Å²) in [4.78, 5) is 26.1.